The van der Waals surface area contributed by atoms with Crippen LogP contribution in [0.15, 0.2) is 53.6 Å². The predicted octanol–water partition coefficient (Wildman–Crippen LogP) is 3.72. The van der Waals surface area contributed by atoms with Gasteiger partial charge in [-0.25, -0.2) is 4.98 Å². The van der Waals surface area contributed by atoms with Gasteiger partial charge in [0.15, 0.2) is 0 Å². The molecule has 3 heterocycles. The Morgan fingerprint density at radius 3 is 2.53 bits per heavy atom. The number of hydrogen-bond donors (Lipinski definition) is 1. The van der Waals surface area contributed by atoms with Crippen molar-refractivity contribution in [2.24, 2.45) is 7.05 Å². The van der Waals surface area contributed by atoms with E-state index in [1.54, 1.807) is 56.8 Å². The number of nitrogens with zero attached hydrogens (tertiary/aromatic N) is 4. The Bertz CT molecular complexity index is 1370. The van der Waals surface area contributed by atoms with Gasteiger partial charge in [-0.3, -0.25) is 19.1 Å². The second kappa shape index (κ2) is 7.85. The van der Waals surface area contributed by atoms with Crippen LogP contribution < -0.4 is 10.9 Å². The molecule has 1 aromatic carbocycles. The summed E-state index contributed by atoms with van der Waals surface area (Å²) in [5.74, 6) is -0.276. The van der Waals surface area contributed by atoms with Gasteiger partial charge in [0.2, 0.25) is 5.28 Å². The fourth-order valence-corrected chi connectivity index (χ4v) is 3.61. The van der Waals surface area contributed by atoms with Crippen molar-refractivity contribution in [3.8, 4) is 22.3 Å². The van der Waals surface area contributed by atoms with Crippen LogP contribution in [0.2, 0.25) is 10.3 Å². The van der Waals surface area contributed by atoms with Crippen LogP contribution >= 0.6 is 23.2 Å². The predicted molar refractivity (Wildman–Crippen MR) is 117 cm³/mol. The average molecular weight is 440 g/mol. The Balaban J connectivity index is 1.82. The van der Waals surface area contributed by atoms with Gasteiger partial charge in [-0.1, -0.05) is 23.7 Å². The van der Waals surface area contributed by atoms with Gasteiger partial charge in [0.1, 0.15) is 11.3 Å². The zero-order valence-corrected chi connectivity index (χ0v) is 17.5. The van der Waals surface area contributed by atoms with Gasteiger partial charge in [-0.15, -0.1) is 0 Å². The smallest absolute Gasteiger partial charge is 0.269 e. The van der Waals surface area contributed by atoms with E-state index in [1.807, 2.05) is 6.07 Å². The highest BCUT2D eigenvalue weighted by Crippen LogP contribution is 2.32. The Hall–Kier alpha value is -3.29. The molecule has 150 valence electrons. The Morgan fingerprint density at radius 1 is 1.03 bits per heavy atom. The van der Waals surface area contributed by atoms with Crippen LogP contribution in [0, 0.1) is 0 Å². The molecule has 7 nitrogen and oxygen atoms in total. The fraction of sp³-hybridized carbons (Fsp3) is 0.0952. The molecule has 1 N–H and O–H groups in total. The monoisotopic (exact) mass is 439 g/mol. The molecule has 3 aromatic heterocycles. The third-order valence-electron chi connectivity index (χ3n) is 4.73. The summed E-state index contributed by atoms with van der Waals surface area (Å²) in [7, 11) is 3.17. The number of carbonyl (C=O) groups excluding carboxylic acids is 1. The highest BCUT2D eigenvalue weighted by atomic mass is 35.5. The van der Waals surface area contributed by atoms with Crippen molar-refractivity contribution in [2.75, 3.05) is 7.05 Å². The Morgan fingerprint density at radius 2 is 1.80 bits per heavy atom. The average Bonchev–Trinajstić information content (AvgIpc) is 2.76. The summed E-state index contributed by atoms with van der Waals surface area (Å²) in [6, 6.07) is 10.5. The first-order valence-electron chi connectivity index (χ1n) is 8.89. The van der Waals surface area contributed by atoms with Gasteiger partial charge >= 0.3 is 0 Å². The van der Waals surface area contributed by atoms with Crippen molar-refractivity contribution < 1.29 is 4.79 Å². The zero-order valence-electron chi connectivity index (χ0n) is 16.0. The summed E-state index contributed by atoms with van der Waals surface area (Å²) in [5.41, 5.74) is 3.08. The maximum Gasteiger partial charge on any atom is 0.269 e. The summed E-state index contributed by atoms with van der Waals surface area (Å²) in [6.45, 7) is 0. The van der Waals surface area contributed by atoms with Crippen molar-refractivity contribution in [3.05, 3.63) is 75.1 Å². The summed E-state index contributed by atoms with van der Waals surface area (Å²) in [4.78, 5) is 36.9. The molecule has 0 spiro atoms. The quantitative estimate of drug-likeness (QED) is 0.491. The number of amides is 1. The lowest BCUT2D eigenvalue weighted by molar-refractivity contribution is 0.0958. The topological polar surface area (TPSA) is 89.8 Å². The molecule has 0 saturated heterocycles. The van der Waals surface area contributed by atoms with Gasteiger partial charge < -0.3 is 5.32 Å². The SMILES string of the molecule is CNC(=O)c1cc(-c2ccc(-c3cc4cnc(Cl)nc4n(C)c3=O)c(Cl)c2)ccn1. The number of aryl methyl sites for hydroxylation is 1. The van der Waals surface area contributed by atoms with E-state index in [2.05, 4.69) is 20.3 Å². The van der Waals surface area contributed by atoms with Crippen LogP contribution in [-0.4, -0.2) is 32.5 Å². The minimum atomic E-state index is -0.276. The second-order valence-corrected chi connectivity index (χ2v) is 7.29. The lowest BCUT2D eigenvalue weighted by Crippen LogP contribution is -2.20. The molecule has 9 heteroatoms. The maximum absolute atomic E-state index is 12.9. The summed E-state index contributed by atoms with van der Waals surface area (Å²) < 4.78 is 1.42. The first-order chi connectivity index (χ1) is 14.4. The molecule has 0 radical (unpaired) electrons. The normalized spacial score (nSPS) is 10.9. The molecule has 0 atom stereocenters. The fourth-order valence-electron chi connectivity index (χ4n) is 3.19. The van der Waals surface area contributed by atoms with E-state index in [-0.39, 0.29) is 16.8 Å². The molecule has 0 aliphatic heterocycles. The molecular formula is C21H15Cl2N5O2. The van der Waals surface area contributed by atoms with Crippen molar-refractivity contribution in [1.29, 1.82) is 0 Å². The molecule has 0 fully saturated rings. The van der Waals surface area contributed by atoms with E-state index in [0.29, 0.717) is 32.9 Å². The van der Waals surface area contributed by atoms with Crippen molar-refractivity contribution in [3.63, 3.8) is 0 Å². The molecule has 0 aliphatic carbocycles. The van der Waals surface area contributed by atoms with Gasteiger partial charge in [0.05, 0.1) is 0 Å². The summed E-state index contributed by atoms with van der Waals surface area (Å²) >= 11 is 12.4. The van der Waals surface area contributed by atoms with Crippen molar-refractivity contribution in [2.45, 2.75) is 0 Å². The number of aromatic nitrogens is 4. The van der Waals surface area contributed by atoms with E-state index in [0.717, 1.165) is 11.1 Å². The van der Waals surface area contributed by atoms with Gasteiger partial charge in [0, 0.05) is 48.0 Å². The van der Waals surface area contributed by atoms with Gasteiger partial charge in [-0.05, 0) is 47.0 Å². The largest absolute Gasteiger partial charge is 0.354 e. The second-order valence-electron chi connectivity index (χ2n) is 6.54. The molecule has 4 aromatic rings. The van der Waals surface area contributed by atoms with E-state index in [9.17, 15) is 9.59 Å². The third kappa shape index (κ3) is 3.53. The number of carbonyl (C=O) groups is 1. The Labute approximate surface area is 181 Å². The number of nitrogens with one attached hydrogen (secondary N) is 1. The van der Waals surface area contributed by atoms with Crippen LogP contribution in [0.4, 0.5) is 0 Å². The summed E-state index contributed by atoms with van der Waals surface area (Å²) in [5, 5.41) is 3.69. The highest BCUT2D eigenvalue weighted by molar-refractivity contribution is 6.33. The standard InChI is InChI=1S/C21H15Cl2N5O2/c1-24-19(29)17-9-12(5-6-25-17)11-3-4-14(16(22)8-11)15-7-13-10-26-21(23)27-18(13)28(2)20(15)30/h3-10H,1-2H3,(H,24,29). The molecule has 0 bridgehead atoms. The number of benzene rings is 1. The molecule has 0 unspecified atom stereocenters. The molecular weight excluding hydrogens is 425 g/mol. The van der Waals surface area contributed by atoms with Crippen LogP contribution in [0.25, 0.3) is 33.3 Å². The highest BCUT2D eigenvalue weighted by Gasteiger charge is 2.15. The van der Waals surface area contributed by atoms with Crippen molar-refractivity contribution in [1.82, 2.24) is 24.8 Å². The van der Waals surface area contributed by atoms with Crippen molar-refractivity contribution >= 4 is 40.1 Å². The van der Waals surface area contributed by atoms with E-state index >= 15 is 0 Å². The minimum Gasteiger partial charge on any atom is -0.354 e. The zero-order chi connectivity index (χ0) is 21.4. The molecule has 4 rings (SSSR count). The third-order valence-corrected chi connectivity index (χ3v) is 5.23. The Kier molecular flexibility index (Phi) is 5.24. The number of fused-ring (bicyclic) bond motifs is 1. The van der Waals surface area contributed by atoms with Crippen LogP contribution in [0.5, 0.6) is 0 Å². The minimum absolute atomic E-state index is 0.0705. The van der Waals surface area contributed by atoms with E-state index < -0.39 is 0 Å². The number of halogens is 2. The van der Waals surface area contributed by atoms with Crippen LogP contribution in [0.1, 0.15) is 10.5 Å². The van der Waals surface area contributed by atoms with Crippen LogP contribution in [-0.2, 0) is 7.05 Å². The van der Waals surface area contributed by atoms with Crippen LogP contribution in [0.3, 0.4) is 0 Å². The number of rotatable bonds is 3. The molecule has 0 saturated carbocycles. The first-order valence-corrected chi connectivity index (χ1v) is 9.65. The first kappa shape index (κ1) is 20.0. The molecule has 0 aliphatic rings. The number of pyridine rings is 2. The lowest BCUT2D eigenvalue weighted by atomic mass is 10.0. The molecule has 30 heavy (non-hydrogen) atoms. The number of hydrogen-bond acceptors (Lipinski definition) is 5. The van der Waals surface area contributed by atoms with E-state index in [4.69, 9.17) is 23.2 Å². The van der Waals surface area contributed by atoms with Gasteiger partial charge in [-0.2, -0.15) is 4.98 Å². The summed E-state index contributed by atoms with van der Waals surface area (Å²) in [6.07, 6.45) is 3.12. The van der Waals surface area contributed by atoms with E-state index in [1.165, 1.54) is 4.57 Å². The lowest BCUT2D eigenvalue weighted by Gasteiger charge is -2.11. The van der Waals surface area contributed by atoms with Gasteiger partial charge in [0.25, 0.3) is 11.5 Å². The molecule has 1 amide bonds. The maximum atomic E-state index is 12.9.